The summed E-state index contributed by atoms with van der Waals surface area (Å²) in [6, 6.07) is -0.741. The van der Waals surface area contributed by atoms with Gasteiger partial charge in [-0.05, 0) is 12.8 Å². The third-order valence-electron chi connectivity index (χ3n) is 8.55. The minimum Gasteiger partial charge on any atom is -0.724 e. The molecule has 0 radical (unpaired) electrons. The number of nitrogens with zero attached hydrogens (tertiary/aromatic N) is 7. The van der Waals surface area contributed by atoms with Crippen molar-refractivity contribution in [2.75, 3.05) is 51.8 Å². The van der Waals surface area contributed by atoms with E-state index >= 15 is 0 Å². The molecule has 0 unspecified atom stereocenters. The summed E-state index contributed by atoms with van der Waals surface area (Å²) >= 11 is 2.57. The Hall–Kier alpha value is -3.01. The van der Waals surface area contributed by atoms with Crippen molar-refractivity contribution in [1.82, 2.24) is 25.2 Å². The van der Waals surface area contributed by atoms with Gasteiger partial charge in [0.2, 0.25) is 10.4 Å². The van der Waals surface area contributed by atoms with Crippen LogP contribution >= 0.6 is 23.1 Å². The summed E-state index contributed by atoms with van der Waals surface area (Å²) in [4.78, 5) is 60.5. The monoisotopic (exact) mass is 749 g/mol. The first-order valence-corrected chi connectivity index (χ1v) is 17.9. The fourth-order valence-corrected chi connectivity index (χ4v) is 8.64. The number of piperidine rings is 1. The molecular weight excluding hydrogens is 718 g/mol. The molecule has 23 heteroatoms. The molecule has 6 heterocycles. The third kappa shape index (κ3) is 8.32. The van der Waals surface area contributed by atoms with E-state index in [4.69, 9.17) is 15.8 Å². The molecule has 0 aromatic carbocycles. The van der Waals surface area contributed by atoms with Crippen molar-refractivity contribution in [1.29, 1.82) is 5.26 Å². The number of oxime groups is 1. The number of β-lactam (4-membered cyclic amide) rings is 1. The average Bonchev–Trinajstić information content (AvgIpc) is 3.72. The maximum atomic E-state index is 12.9. The molecule has 3 N–H and O–H groups in total. The van der Waals surface area contributed by atoms with Gasteiger partial charge in [0, 0.05) is 36.1 Å². The molecule has 0 spiro atoms. The number of nitrogens with one attached hydrogen (secondary N) is 1. The number of quaternary nitrogens is 1. The van der Waals surface area contributed by atoms with Crippen LogP contribution in [0.5, 0.6) is 0 Å². The molecule has 1 aromatic heterocycles. The van der Waals surface area contributed by atoms with Crippen LogP contribution in [0.15, 0.2) is 21.8 Å². The van der Waals surface area contributed by atoms with Crippen LogP contribution in [0.3, 0.4) is 0 Å². The SMILES string of the molecule is CO/N=C(\C(=O)N[C@@H]1C(=O)N2C(C(=O)[O-])=C(C[N+]3(C)CCCC3)CS[C@H]12)c1csc(N)n1.N#C[C@H]1CC[C@@H]2CN1C(=O)N2OS(=O)(=O)[O-].[Na+]. The van der Waals surface area contributed by atoms with Gasteiger partial charge in [0.05, 0.1) is 43.9 Å². The van der Waals surface area contributed by atoms with Gasteiger partial charge in [-0.25, -0.2) is 18.2 Å². The van der Waals surface area contributed by atoms with E-state index in [1.54, 1.807) is 5.38 Å². The Kier molecular flexibility index (Phi) is 12.3. The zero-order valence-electron chi connectivity index (χ0n) is 26.8. The quantitative estimate of drug-likeness (QED) is 0.0455. The normalized spacial score (nSPS) is 25.8. The van der Waals surface area contributed by atoms with Crippen LogP contribution in [0.25, 0.3) is 0 Å². The Balaban J connectivity index is 0.000000268. The summed E-state index contributed by atoms with van der Waals surface area (Å²) < 4.78 is 36.1. The molecule has 2 bridgehead atoms. The number of anilines is 1. The molecule has 4 atom stereocenters. The second kappa shape index (κ2) is 15.5. The predicted octanol–water partition coefficient (Wildman–Crippen LogP) is -5.11. The first-order valence-electron chi connectivity index (χ1n) is 14.7. The van der Waals surface area contributed by atoms with Crippen molar-refractivity contribution in [2.45, 2.75) is 49.2 Å². The number of thioether (sulfide) groups is 1. The molecule has 4 amide bonds. The van der Waals surface area contributed by atoms with E-state index in [2.05, 4.69) is 26.8 Å². The summed E-state index contributed by atoms with van der Waals surface area (Å²) in [7, 11) is -1.56. The first kappa shape index (κ1) is 38.8. The summed E-state index contributed by atoms with van der Waals surface area (Å²) in [5, 5.41) is 28.9. The Morgan fingerprint density at radius 3 is 2.55 bits per heavy atom. The average molecular weight is 750 g/mol. The molecule has 5 aliphatic heterocycles. The second-order valence-corrected chi connectivity index (χ2v) is 14.8. The molecule has 1 aromatic rings. The number of carboxylic acids is 1. The number of likely N-dealkylation sites (N-methyl/N-ethyl adjacent to an activating group) is 1. The number of carbonyl (C=O) groups is 4. The number of amides is 4. The van der Waals surface area contributed by atoms with Crippen LogP contribution in [-0.2, 0) is 33.9 Å². The molecule has 49 heavy (non-hydrogen) atoms. The first-order chi connectivity index (χ1) is 22.7. The maximum absolute atomic E-state index is 12.9. The van der Waals surface area contributed by atoms with Gasteiger partial charge in [-0.2, -0.15) is 14.6 Å². The molecule has 0 saturated carbocycles. The topological polar surface area (TPSA) is 264 Å². The van der Waals surface area contributed by atoms with Crippen LogP contribution in [-0.4, -0.2) is 136 Å². The van der Waals surface area contributed by atoms with Crippen LogP contribution in [0, 0.1) is 11.3 Å². The number of aliphatic carboxylic acids is 1. The Bertz CT molecular complexity index is 1710. The van der Waals surface area contributed by atoms with Gasteiger partial charge in [0.25, 0.3) is 11.8 Å². The minimum absolute atomic E-state index is 0. The van der Waals surface area contributed by atoms with Crippen molar-refractivity contribution >= 4 is 68.2 Å². The molecule has 4 saturated heterocycles. The Labute approximate surface area is 311 Å². The predicted molar refractivity (Wildman–Crippen MR) is 164 cm³/mol. The third-order valence-corrected chi connectivity index (χ3v) is 10.9. The smallest absolute Gasteiger partial charge is 0.724 e. The van der Waals surface area contributed by atoms with Crippen molar-refractivity contribution < 1.29 is 80.4 Å². The second-order valence-electron chi connectivity index (χ2n) is 11.8. The number of likely N-dealkylation sites (tertiary alicyclic amines) is 1. The number of nitrogen functional groups attached to an aromatic ring is 1. The van der Waals surface area contributed by atoms with E-state index in [9.17, 15) is 37.3 Å². The number of thiazole rings is 1. The number of aromatic nitrogens is 1. The van der Waals surface area contributed by atoms with Crippen LogP contribution < -0.4 is 45.7 Å². The van der Waals surface area contributed by atoms with Crippen molar-refractivity contribution in [3.8, 4) is 6.07 Å². The fourth-order valence-electron chi connectivity index (χ4n) is 6.38. The van der Waals surface area contributed by atoms with E-state index in [0.29, 0.717) is 35.8 Å². The van der Waals surface area contributed by atoms with Gasteiger partial charge in [0.15, 0.2) is 10.8 Å². The van der Waals surface area contributed by atoms with Crippen LogP contribution in [0.4, 0.5) is 9.93 Å². The number of urea groups is 1. The zero-order valence-corrected chi connectivity index (χ0v) is 31.2. The van der Waals surface area contributed by atoms with E-state index in [1.165, 1.54) is 28.7 Å². The van der Waals surface area contributed by atoms with Crippen molar-refractivity contribution in [3.63, 3.8) is 0 Å². The van der Waals surface area contributed by atoms with E-state index in [-0.39, 0.29) is 58.3 Å². The number of fused-ring (bicyclic) bond motifs is 3. The summed E-state index contributed by atoms with van der Waals surface area (Å²) in [6.07, 6.45) is 3.10. The Morgan fingerprint density at radius 1 is 1.29 bits per heavy atom. The van der Waals surface area contributed by atoms with Crippen molar-refractivity contribution in [2.24, 2.45) is 5.16 Å². The van der Waals surface area contributed by atoms with Gasteiger partial charge in [0.1, 0.15) is 36.8 Å². The molecule has 260 valence electrons. The zero-order chi connectivity index (χ0) is 35.0. The number of hydrogen-bond donors (Lipinski definition) is 2. The van der Waals surface area contributed by atoms with Crippen LogP contribution in [0.2, 0.25) is 0 Å². The van der Waals surface area contributed by atoms with E-state index in [1.807, 2.05) is 6.07 Å². The fraction of sp³-hybridized carbons (Fsp3) is 0.577. The van der Waals surface area contributed by atoms with Gasteiger partial charge in [-0.3, -0.25) is 14.5 Å². The summed E-state index contributed by atoms with van der Waals surface area (Å²) in [5.41, 5.74) is 6.39. The molecule has 5 aliphatic rings. The number of hydrogen-bond acceptors (Lipinski definition) is 16. The summed E-state index contributed by atoms with van der Waals surface area (Å²) in [5.74, 6) is -2.06. The van der Waals surface area contributed by atoms with E-state index in [0.717, 1.165) is 41.8 Å². The van der Waals surface area contributed by atoms with Crippen molar-refractivity contribution in [3.05, 3.63) is 22.3 Å². The molecule has 6 rings (SSSR count). The molecular formula is C26H32N9NaO10S3. The van der Waals surface area contributed by atoms with Gasteiger partial charge >= 0.3 is 35.6 Å². The van der Waals surface area contributed by atoms with Gasteiger partial charge in [-0.15, -0.1) is 23.1 Å². The number of carbonyl (C=O) groups excluding carboxylic acids is 4. The number of carboxylic acid groups (broad SMARTS) is 1. The number of nitrogens with two attached hydrogens (primary N) is 1. The molecule has 0 aliphatic carbocycles. The number of hydroxylamine groups is 2. The maximum Gasteiger partial charge on any atom is 1.00 e. The van der Waals surface area contributed by atoms with Gasteiger partial charge < -0.3 is 39.7 Å². The van der Waals surface area contributed by atoms with E-state index < -0.39 is 57.7 Å². The minimum atomic E-state index is -4.96. The summed E-state index contributed by atoms with van der Waals surface area (Å²) in [6.45, 7) is 2.74. The Morgan fingerprint density at radius 2 is 1.98 bits per heavy atom. The largest absolute Gasteiger partial charge is 1.00 e. The number of nitriles is 1. The van der Waals surface area contributed by atoms with Gasteiger partial charge in [-0.1, -0.05) is 5.16 Å². The molecule has 19 nitrogen and oxygen atoms in total. The van der Waals surface area contributed by atoms with Crippen LogP contribution in [0.1, 0.15) is 31.4 Å². The standard InChI is InChI=1S/C19H24N6O5S2.C7H9N3O5S.Na/c1-25(5-3-4-6-25)7-10-8-31-17-13(16(27)24(17)14(10)18(28)29)22-15(26)12(23-30-2)11-9-32-19(20)21-11;8-3-5-1-2-6-4-9(5)7(11)10(6)15-16(12,13)14;/h9,13,17H,3-8H2,1-2H3,(H3-,20,21,22,26,28,29);5-6H,1-2,4H2,(H,12,13,14);/q;;+1/p-1/b23-12-;;/t13-,17-;5-,6-;/m11./s1. The molecule has 4 fully saturated rings. The number of rotatable bonds is 9.